The van der Waals surface area contributed by atoms with Crippen molar-refractivity contribution in [1.82, 2.24) is 9.97 Å². The Bertz CT molecular complexity index is 867. The van der Waals surface area contributed by atoms with Gasteiger partial charge in [0.1, 0.15) is 5.82 Å². The molecule has 2 aromatic rings. The van der Waals surface area contributed by atoms with Crippen LogP contribution in [0.5, 0.6) is 0 Å². The number of rotatable bonds is 4. The quantitative estimate of drug-likeness (QED) is 0.870. The first kappa shape index (κ1) is 17.2. The molecule has 1 unspecified atom stereocenters. The van der Waals surface area contributed by atoms with Crippen molar-refractivity contribution >= 4 is 21.6 Å². The van der Waals surface area contributed by atoms with Gasteiger partial charge >= 0.3 is 0 Å². The first-order valence-corrected chi connectivity index (χ1v) is 10.7. The number of ether oxygens (including phenoxy) is 1. The summed E-state index contributed by atoms with van der Waals surface area (Å²) in [4.78, 5) is 11.5. The van der Waals surface area contributed by atoms with Crippen molar-refractivity contribution in [3.05, 3.63) is 36.4 Å². The van der Waals surface area contributed by atoms with E-state index in [0.29, 0.717) is 31.4 Å². The molecular weight excluding hydrogens is 352 g/mol. The molecule has 0 amide bonds. The molecule has 2 aliphatic heterocycles. The van der Waals surface area contributed by atoms with Crippen molar-refractivity contribution < 1.29 is 13.2 Å². The predicted molar refractivity (Wildman–Crippen MR) is 101 cm³/mol. The third-order valence-electron chi connectivity index (χ3n) is 4.66. The van der Waals surface area contributed by atoms with Crippen molar-refractivity contribution in [3.63, 3.8) is 0 Å². The number of nitrogens with one attached hydrogen (secondary N) is 1. The Hall–Kier alpha value is -2.19. The molecule has 3 heterocycles. The number of anilines is 2. The summed E-state index contributed by atoms with van der Waals surface area (Å²) in [5.41, 5.74) is 1.83. The van der Waals surface area contributed by atoms with E-state index in [1.165, 1.54) is 0 Å². The molecule has 1 aromatic carbocycles. The van der Waals surface area contributed by atoms with Crippen LogP contribution in [-0.2, 0) is 14.6 Å². The van der Waals surface area contributed by atoms with Gasteiger partial charge in [0, 0.05) is 30.8 Å². The Labute approximate surface area is 153 Å². The van der Waals surface area contributed by atoms with Gasteiger partial charge in [0.15, 0.2) is 9.84 Å². The summed E-state index contributed by atoms with van der Waals surface area (Å²) in [6, 6.07) is 11.7. The van der Waals surface area contributed by atoms with Gasteiger partial charge in [-0.05, 0) is 6.42 Å². The van der Waals surface area contributed by atoms with Crippen LogP contribution < -0.4 is 10.2 Å². The fraction of sp³-hybridized carbons (Fsp3) is 0.444. The summed E-state index contributed by atoms with van der Waals surface area (Å²) >= 11 is 0. The molecule has 26 heavy (non-hydrogen) atoms. The van der Waals surface area contributed by atoms with Crippen LogP contribution in [0, 0.1) is 0 Å². The highest BCUT2D eigenvalue weighted by Gasteiger charge is 2.28. The zero-order valence-electron chi connectivity index (χ0n) is 14.5. The van der Waals surface area contributed by atoms with Crippen LogP contribution >= 0.6 is 0 Å². The normalized spacial score (nSPS) is 22.3. The number of nitrogens with zero attached hydrogens (tertiary/aromatic N) is 3. The fourth-order valence-corrected chi connectivity index (χ4v) is 4.96. The number of hydrogen-bond donors (Lipinski definition) is 1. The van der Waals surface area contributed by atoms with E-state index < -0.39 is 9.84 Å². The molecule has 2 aliphatic rings. The Morgan fingerprint density at radius 1 is 1.12 bits per heavy atom. The summed E-state index contributed by atoms with van der Waals surface area (Å²) in [5.74, 6) is 1.71. The van der Waals surface area contributed by atoms with Crippen molar-refractivity contribution in [3.8, 4) is 11.3 Å². The van der Waals surface area contributed by atoms with Gasteiger partial charge in [0.2, 0.25) is 5.95 Å². The summed E-state index contributed by atoms with van der Waals surface area (Å²) in [7, 11) is -2.94. The van der Waals surface area contributed by atoms with Crippen molar-refractivity contribution in [2.24, 2.45) is 0 Å². The minimum absolute atomic E-state index is 0.101. The zero-order valence-corrected chi connectivity index (χ0v) is 15.3. The third kappa shape index (κ3) is 3.96. The first-order chi connectivity index (χ1) is 12.6. The molecule has 4 rings (SSSR count). The molecule has 8 heteroatoms. The van der Waals surface area contributed by atoms with Gasteiger partial charge in [-0.1, -0.05) is 30.3 Å². The summed E-state index contributed by atoms with van der Waals surface area (Å²) in [6.45, 7) is 2.80. The number of morpholine rings is 1. The molecule has 7 nitrogen and oxygen atoms in total. The highest BCUT2D eigenvalue weighted by molar-refractivity contribution is 7.91. The van der Waals surface area contributed by atoms with Gasteiger partial charge in [0.25, 0.3) is 0 Å². The van der Waals surface area contributed by atoms with Crippen LogP contribution in [0.4, 0.5) is 11.8 Å². The SMILES string of the molecule is O=S1(=O)CCC(Nc2cc(-c3ccccc3)nc(N3CCOCC3)n2)C1. The molecule has 138 valence electrons. The Kier molecular flexibility index (Phi) is 4.78. The highest BCUT2D eigenvalue weighted by atomic mass is 32.2. The molecule has 0 spiro atoms. The lowest BCUT2D eigenvalue weighted by atomic mass is 10.1. The van der Waals surface area contributed by atoms with Crippen molar-refractivity contribution in [2.45, 2.75) is 12.5 Å². The largest absolute Gasteiger partial charge is 0.378 e. The second-order valence-corrected chi connectivity index (χ2v) is 8.88. The van der Waals surface area contributed by atoms with E-state index in [9.17, 15) is 8.42 Å². The molecule has 0 radical (unpaired) electrons. The van der Waals surface area contributed by atoms with Gasteiger partial charge < -0.3 is 15.0 Å². The monoisotopic (exact) mass is 374 g/mol. The van der Waals surface area contributed by atoms with Crippen LogP contribution in [0.2, 0.25) is 0 Å². The van der Waals surface area contributed by atoms with Gasteiger partial charge in [-0.3, -0.25) is 0 Å². The fourth-order valence-electron chi connectivity index (χ4n) is 3.29. The summed E-state index contributed by atoms with van der Waals surface area (Å²) in [5, 5.41) is 3.30. The average molecular weight is 374 g/mol. The van der Waals surface area contributed by atoms with Gasteiger partial charge in [-0.25, -0.2) is 13.4 Å². The molecule has 2 fully saturated rings. The van der Waals surface area contributed by atoms with Crippen molar-refractivity contribution in [1.29, 1.82) is 0 Å². The van der Waals surface area contributed by atoms with E-state index in [4.69, 9.17) is 9.72 Å². The maximum absolute atomic E-state index is 11.7. The maximum Gasteiger partial charge on any atom is 0.228 e. The van der Waals surface area contributed by atoms with Crippen LogP contribution in [0.1, 0.15) is 6.42 Å². The van der Waals surface area contributed by atoms with Crippen LogP contribution in [-0.4, -0.2) is 62.2 Å². The second kappa shape index (κ2) is 7.20. The molecule has 1 aromatic heterocycles. The Morgan fingerprint density at radius 3 is 2.58 bits per heavy atom. The summed E-state index contributed by atoms with van der Waals surface area (Å²) in [6.07, 6.45) is 0.611. The molecule has 1 atom stereocenters. The number of aromatic nitrogens is 2. The Morgan fingerprint density at radius 2 is 1.88 bits per heavy atom. The van der Waals surface area contributed by atoms with Crippen LogP contribution in [0.3, 0.4) is 0 Å². The molecule has 0 saturated carbocycles. The van der Waals surface area contributed by atoms with E-state index in [0.717, 1.165) is 24.3 Å². The molecule has 0 aliphatic carbocycles. The highest BCUT2D eigenvalue weighted by Crippen LogP contribution is 2.25. The number of hydrogen-bond acceptors (Lipinski definition) is 7. The third-order valence-corrected chi connectivity index (χ3v) is 6.43. The lowest BCUT2D eigenvalue weighted by molar-refractivity contribution is 0.122. The van der Waals surface area contributed by atoms with E-state index in [2.05, 4.69) is 15.2 Å². The lowest BCUT2D eigenvalue weighted by Gasteiger charge is -2.27. The maximum atomic E-state index is 11.7. The topological polar surface area (TPSA) is 84.4 Å². The van der Waals surface area contributed by atoms with Gasteiger partial charge in [0.05, 0.1) is 30.4 Å². The van der Waals surface area contributed by atoms with Crippen LogP contribution in [0.15, 0.2) is 36.4 Å². The summed E-state index contributed by atoms with van der Waals surface area (Å²) < 4.78 is 28.9. The second-order valence-electron chi connectivity index (χ2n) is 6.65. The minimum Gasteiger partial charge on any atom is -0.378 e. The number of sulfone groups is 1. The van der Waals surface area contributed by atoms with Gasteiger partial charge in [-0.15, -0.1) is 0 Å². The van der Waals surface area contributed by atoms with Crippen LogP contribution in [0.25, 0.3) is 11.3 Å². The molecular formula is C18H22N4O3S. The molecule has 0 bridgehead atoms. The van der Waals surface area contributed by atoms with E-state index >= 15 is 0 Å². The smallest absolute Gasteiger partial charge is 0.228 e. The Balaban J connectivity index is 1.66. The minimum atomic E-state index is -2.94. The zero-order chi connectivity index (χ0) is 18.0. The van der Waals surface area contributed by atoms with Gasteiger partial charge in [-0.2, -0.15) is 4.98 Å². The molecule has 2 saturated heterocycles. The standard InChI is InChI=1S/C18H22N4O3S/c23-26(24)11-6-15(13-26)19-17-12-16(14-4-2-1-3-5-14)20-18(21-17)22-7-9-25-10-8-22/h1-5,12,15H,6-11,13H2,(H,19,20,21). The van der Waals surface area contributed by atoms with E-state index in [-0.39, 0.29) is 17.5 Å². The molecule has 1 N–H and O–H groups in total. The lowest BCUT2D eigenvalue weighted by Crippen LogP contribution is -2.37. The number of benzene rings is 1. The first-order valence-electron chi connectivity index (χ1n) is 8.83. The van der Waals surface area contributed by atoms with E-state index in [1.54, 1.807) is 0 Å². The average Bonchev–Trinajstić information content (AvgIpc) is 3.01. The van der Waals surface area contributed by atoms with Crippen molar-refractivity contribution in [2.75, 3.05) is 48.0 Å². The predicted octanol–water partition coefficient (Wildman–Crippen LogP) is 1.58. The van der Waals surface area contributed by atoms with E-state index in [1.807, 2.05) is 36.4 Å².